The number of benzene rings is 3. The van der Waals surface area contributed by atoms with Gasteiger partial charge in [0.25, 0.3) is 0 Å². The molecule has 98 valence electrons. The highest BCUT2D eigenvalue weighted by Gasteiger charge is 2.05. The van der Waals surface area contributed by atoms with Gasteiger partial charge in [-0.15, -0.1) is 0 Å². The SMILES string of the molecule is O=Cc1cc(OCc2ccccc2)c2ccccc2c1. The Morgan fingerprint density at radius 2 is 1.65 bits per heavy atom. The summed E-state index contributed by atoms with van der Waals surface area (Å²) in [5.74, 6) is 0.744. The van der Waals surface area contributed by atoms with E-state index in [1.54, 1.807) is 6.07 Å². The van der Waals surface area contributed by atoms with Gasteiger partial charge in [-0.05, 0) is 23.1 Å². The fourth-order valence-electron chi connectivity index (χ4n) is 2.22. The second kappa shape index (κ2) is 5.57. The van der Waals surface area contributed by atoms with Crippen LogP contribution in [0.1, 0.15) is 15.9 Å². The van der Waals surface area contributed by atoms with Crippen molar-refractivity contribution >= 4 is 17.1 Å². The van der Waals surface area contributed by atoms with Crippen LogP contribution in [-0.2, 0) is 6.61 Å². The van der Waals surface area contributed by atoms with Crippen LogP contribution in [0.2, 0.25) is 0 Å². The predicted molar refractivity (Wildman–Crippen MR) is 80.1 cm³/mol. The summed E-state index contributed by atoms with van der Waals surface area (Å²) >= 11 is 0. The number of rotatable bonds is 4. The smallest absolute Gasteiger partial charge is 0.150 e. The molecule has 0 aliphatic carbocycles. The molecule has 0 radical (unpaired) electrons. The lowest BCUT2D eigenvalue weighted by Gasteiger charge is -2.10. The number of aldehydes is 1. The monoisotopic (exact) mass is 262 g/mol. The van der Waals surface area contributed by atoms with Crippen LogP contribution in [0.3, 0.4) is 0 Å². The molecular weight excluding hydrogens is 248 g/mol. The maximum Gasteiger partial charge on any atom is 0.150 e. The van der Waals surface area contributed by atoms with Crippen LogP contribution in [0.4, 0.5) is 0 Å². The average molecular weight is 262 g/mol. The molecule has 0 fully saturated rings. The lowest BCUT2D eigenvalue weighted by atomic mass is 10.1. The third-order valence-corrected chi connectivity index (χ3v) is 3.22. The first-order valence-corrected chi connectivity index (χ1v) is 6.51. The third kappa shape index (κ3) is 2.54. The number of carbonyl (C=O) groups is 1. The second-order valence-electron chi connectivity index (χ2n) is 4.63. The first-order valence-electron chi connectivity index (χ1n) is 6.51. The summed E-state index contributed by atoms with van der Waals surface area (Å²) in [7, 11) is 0. The van der Waals surface area contributed by atoms with Crippen LogP contribution in [0.25, 0.3) is 10.8 Å². The Balaban J connectivity index is 1.95. The van der Waals surface area contributed by atoms with Gasteiger partial charge in [-0.25, -0.2) is 0 Å². The van der Waals surface area contributed by atoms with Gasteiger partial charge in [0.05, 0.1) is 0 Å². The van der Waals surface area contributed by atoms with Gasteiger partial charge in [0.2, 0.25) is 0 Å². The summed E-state index contributed by atoms with van der Waals surface area (Å²) in [4.78, 5) is 11.0. The maximum absolute atomic E-state index is 11.0. The fourth-order valence-corrected chi connectivity index (χ4v) is 2.22. The van der Waals surface area contributed by atoms with Crippen LogP contribution in [0.15, 0.2) is 66.7 Å². The summed E-state index contributed by atoms with van der Waals surface area (Å²) in [5.41, 5.74) is 1.74. The fraction of sp³-hybridized carbons (Fsp3) is 0.0556. The molecule has 2 nitrogen and oxygen atoms in total. The molecular formula is C18H14O2. The topological polar surface area (TPSA) is 26.3 Å². The maximum atomic E-state index is 11.0. The molecule has 0 aromatic heterocycles. The van der Waals surface area contributed by atoms with Crippen molar-refractivity contribution in [2.24, 2.45) is 0 Å². The van der Waals surface area contributed by atoms with Gasteiger partial charge in [-0.2, -0.15) is 0 Å². The molecule has 0 bridgehead atoms. The van der Waals surface area contributed by atoms with E-state index in [0.717, 1.165) is 28.4 Å². The first-order chi connectivity index (χ1) is 9.86. The molecule has 20 heavy (non-hydrogen) atoms. The van der Waals surface area contributed by atoms with E-state index in [2.05, 4.69) is 0 Å². The van der Waals surface area contributed by atoms with E-state index in [1.165, 1.54) is 0 Å². The minimum absolute atomic E-state index is 0.493. The minimum Gasteiger partial charge on any atom is -0.488 e. The van der Waals surface area contributed by atoms with E-state index in [4.69, 9.17) is 4.74 Å². The largest absolute Gasteiger partial charge is 0.488 e. The number of ether oxygens (including phenoxy) is 1. The van der Waals surface area contributed by atoms with Crippen molar-refractivity contribution in [2.75, 3.05) is 0 Å². The Morgan fingerprint density at radius 1 is 0.900 bits per heavy atom. The molecule has 0 heterocycles. The lowest BCUT2D eigenvalue weighted by Crippen LogP contribution is -1.96. The average Bonchev–Trinajstić information content (AvgIpc) is 2.53. The Labute approximate surface area is 117 Å². The molecule has 0 saturated carbocycles. The Bertz CT molecular complexity index is 733. The molecule has 0 aliphatic heterocycles. The molecule has 3 aromatic rings. The van der Waals surface area contributed by atoms with Crippen molar-refractivity contribution in [1.82, 2.24) is 0 Å². The van der Waals surface area contributed by atoms with Crippen molar-refractivity contribution in [2.45, 2.75) is 6.61 Å². The lowest BCUT2D eigenvalue weighted by molar-refractivity contribution is 0.112. The molecule has 0 atom stereocenters. The van der Waals surface area contributed by atoms with Gasteiger partial charge in [0.15, 0.2) is 0 Å². The van der Waals surface area contributed by atoms with E-state index in [0.29, 0.717) is 12.2 Å². The molecule has 2 heteroatoms. The highest BCUT2D eigenvalue weighted by molar-refractivity contribution is 5.93. The van der Waals surface area contributed by atoms with Crippen molar-refractivity contribution in [3.63, 3.8) is 0 Å². The third-order valence-electron chi connectivity index (χ3n) is 3.22. The number of hydrogen-bond donors (Lipinski definition) is 0. The number of fused-ring (bicyclic) bond motifs is 1. The van der Waals surface area contributed by atoms with E-state index < -0.39 is 0 Å². The van der Waals surface area contributed by atoms with Crippen LogP contribution in [0.5, 0.6) is 5.75 Å². The van der Waals surface area contributed by atoms with Crippen LogP contribution >= 0.6 is 0 Å². The first kappa shape index (κ1) is 12.4. The summed E-state index contributed by atoms with van der Waals surface area (Å²) in [6.45, 7) is 0.493. The van der Waals surface area contributed by atoms with E-state index >= 15 is 0 Å². The molecule has 0 amide bonds. The van der Waals surface area contributed by atoms with Crippen LogP contribution in [0, 0.1) is 0 Å². The van der Waals surface area contributed by atoms with Crippen LogP contribution < -0.4 is 4.74 Å². The van der Waals surface area contributed by atoms with Crippen LogP contribution in [-0.4, -0.2) is 6.29 Å². The van der Waals surface area contributed by atoms with Gasteiger partial charge >= 0.3 is 0 Å². The normalized spacial score (nSPS) is 10.4. The summed E-state index contributed by atoms with van der Waals surface area (Å²) in [6, 6.07) is 21.6. The standard InChI is InChI=1S/C18H14O2/c19-12-15-10-16-8-4-5-9-17(16)18(11-15)20-13-14-6-2-1-3-7-14/h1-12H,13H2. The van der Waals surface area contributed by atoms with Gasteiger partial charge in [-0.3, -0.25) is 4.79 Å². The number of hydrogen-bond acceptors (Lipinski definition) is 2. The van der Waals surface area contributed by atoms with Crippen molar-refractivity contribution in [3.8, 4) is 5.75 Å². The Kier molecular flexibility index (Phi) is 3.46. The zero-order valence-corrected chi connectivity index (χ0v) is 11.0. The van der Waals surface area contributed by atoms with Gasteiger partial charge < -0.3 is 4.74 Å². The van der Waals surface area contributed by atoms with E-state index in [-0.39, 0.29) is 0 Å². The number of carbonyl (C=O) groups excluding carboxylic acids is 1. The van der Waals surface area contributed by atoms with E-state index in [9.17, 15) is 4.79 Å². The van der Waals surface area contributed by atoms with Gasteiger partial charge in [0, 0.05) is 10.9 Å². The molecule has 3 aromatic carbocycles. The van der Waals surface area contributed by atoms with E-state index in [1.807, 2.05) is 60.7 Å². The zero-order valence-electron chi connectivity index (χ0n) is 11.0. The molecule has 0 aliphatic rings. The highest BCUT2D eigenvalue weighted by atomic mass is 16.5. The summed E-state index contributed by atoms with van der Waals surface area (Å²) in [6.07, 6.45) is 0.849. The molecule has 0 unspecified atom stereocenters. The Hall–Kier alpha value is -2.61. The predicted octanol–water partition coefficient (Wildman–Crippen LogP) is 4.23. The molecule has 0 saturated heterocycles. The molecule has 0 spiro atoms. The summed E-state index contributed by atoms with van der Waals surface area (Å²) < 4.78 is 5.89. The highest BCUT2D eigenvalue weighted by Crippen LogP contribution is 2.27. The second-order valence-corrected chi connectivity index (χ2v) is 4.63. The van der Waals surface area contributed by atoms with Gasteiger partial charge in [-0.1, -0.05) is 54.6 Å². The zero-order chi connectivity index (χ0) is 13.8. The molecule has 0 N–H and O–H groups in total. The van der Waals surface area contributed by atoms with Crippen molar-refractivity contribution in [3.05, 3.63) is 77.9 Å². The van der Waals surface area contributed by atoms with Gasteiger partial charge in [0.1, 0.15) is 18.6 Å². The minimum atomic E-state index is 0.493. The van der Waals surface area contributed by atoms with Crippen molar-refractivity contribution < 1.29 is 9.53 Å². The Morgan fingerprint density at radius 3 is 2.45 bits per heavy atom. The van der Waals surface area contributed by atoms with Crippen molar-refractivity contribution in [1.29, 1.82) is 0 Å². The summed E-state index contributed by atoms with van der Waals surface area (Å²) in [5, 5.41) is 2.04. The molecule has 3 rings (SSSR count). The quantitative estimate of drug-likeness (QED) is 0.658.